The molecule has 0 bridgehead atoms. The highest BCUT2D eigenvalue weighted by atomic mass is 16.5. The third-order valence-electron chi connectivity index (χ3n) is 3.39. The molecule has 2 aromatic rings. The van der Waals surface area contributed by atoms with Crippen molar-refractivity contribution in [2.75, 3.05) is 5.32 Å². The first-order chi connectivity index (χ1) is 8.66. The van der Waals surface area contributed by atoms with Crippen LogP contribution in [0.15, 0.2) is 34.9 Å². The van der Waals surface area contributed by atoms with Crippen LogP contribution in [0.1, 0.15) is 38.1 Å². The zero-order valence-corrected chi connectivity index (χ0v) is 10.7. The molecule has 18 heavy (non-hydrogen) atoms. The van der Waals surface area contributed by atoms with Crippen molar-refractivity contribution in [2.45, 2.75) is 38.1 Å². The lowest BCUT2D eigenvalue weighted by molar-refractivity contribution is 0.408. The van der Waals surface area contributed by atoms with Crippen molar-refractivity contribution >= 4 is 6.01 Å². The topological polar surface area (TPSA) is 51.0 Å². The minimum atomic E-state index is -0.242. The van der Waals surface area contributed by atoms with E-state index in [0.29, 0.717) is 12.1 Å². The Labute approximate surface area is 106 Å². The lowest BCUT2D eigenvalue weighted by atomic mass is 9.84. The molecule has 1 N–H and O–H groups in total. The summed E-state index contributed by atoms with van der Waals surface area (Å²) in [6.07, 6.45) is 2.39. The summed E-state index contributed by atoms with van der Waals surface area (Å²) in [5.74, 6) is 0.719. The molecule has 1 aliphatic carbocycles. The Balaban J connectivity index is 1.86. The minimum absolute atomic E-state index is 0.242. The van der Waals surface area contributed by atoms with Gasteiger partial charge in [-0.05, 0) is 32.3 Å². The molecule has 0 amide bonds. The number of hydrogen-bond acceptors (Lipinski definition) is 4. The second kappa shape index (κ2) is 4.12. The molecule has 1 saturated carbocycles. The molecular weight excluding hydrogens is 226 g/mol. The standard InChI is InChI=1S/C14H17N3O/c1-14(2,10-6-4-3-5-7-10)12-16-13(18-17-12)15-11-8-9-11/h3-7,11H,8-9H2,1-2H3,(H,15,16,17). The average molecular weight is 243 g/mol. The van der Waals surface area contributed by atoms with Crippen molar-refractivity contribution in [1.29, 1.82) is 0 Å². The summed E-state index contributed by atoms with van der Waals surface area (Å²) < 4.78 is 5.25. The highest BCUT2D eigenvalue weighted by Gasteiger charge is 2.30. The molecule has 1 aromatic heterocycles. The minimum Gasteiger partial charge on any atom is -0.335 e. The molecule has 4 heteroatoms. The molecule has 1 fully saturated rings. The molecule has 0 radical (unpaired) electrons. The first-order valence-corrected chi connectivity index (χ1v) is 6.32. The van der Waals surface area contributed by atoms with Gasteiger partial charge in [0.05, 0.1) is 5.41 Å². The van der Waals surface area contributed by atoms with E-state index in [1.807, 2.05) is 18.2 Å². The Morgan fingerprint density at radius 3 is 2.61 bits per heavy atom. The van der Waals surface area contributed by atoms with Crippen molar-refractivity contribution < 1.29 is 4.52 Å². The van der Waals surface area contributed by atoms with Crippen molar-refractivity contribution in [3.63, 3.8) is 0 Å². The van der Waals surface area contributed by atoms with Crippen LogP contribution in [0, 0.1) is 0 Å². The summed E-state index contributed by atoms with van der Waals surface area (Å²) in [4.78, 5) is 4.45. The quantitative estimate of drug-likeness (QED) is 0.897. The van der Waals surface area contributed by atoms with E-state index in [2.05, 4.69) is 41.4 Å². The zero-order chi connectivity index (χ0) is 12.6. The molecule has 4 nitrogen and oxygen atoms in total. The lowest BCUT2D eigenvalue weighted by Crippen LogP contribution is -2.20. The molecule has 1 aliphatic rings. The molecular formula is C14H17N3O. The predicted molar refractivity (Wildman–Crippen MR) is 69.5 cm³/mol. The van der Waals surface area contributed by atoms with Gasteiger partial charge in [-0.2, -0.15) is 4.98 Å². The van der Waals surface area contributed by atoms with Crippen molar-refractivity contribution in [1.82, 2.24) is 10.1 Å². The van der Waals surface area contributed by atoms with Gasteiger partial charge in [-0.3, -0.25) is 0 Å². The Morgan fingerprint density at radius 2 is 1.94 bits per heavy atom. The number of aromatic nitrogens is 2. The van der Waals surface area contributed by atoms with Crippen LogP contribution in [-0.4, -0.2) is 16.2 Å². The first kappa shape index (κ1) is 11.3. The van der Waals surface area contributed by atoms with Crippen molar-refractivity contribution in [3.8, 4) is 0 Å². The van der Waals surface area contributed by atoms with Gasteiger partial charge in [-0.15, -0.1) is 0 Å². The van der Waals surface area contributed by atoms with Gasteiger partial charge in [0, 0.05) is 6.04 Å². The third kappa shape index (κ3) is 2.10. The summed E-state index contributed by atoms with van der Waals surface area (Å²) in [5.41, 5.74) is 0.942. The molecule has 1 heterocycles. The van der Waals surface area contributed by atoms with E-state index in [9.17, 15) is 0 Å². The summed E-state index contributed by atoms with van der Waals surface area (Å²) in [7, 11) is 0. The van der Waals surface area contributed by atoms with E-state index in [-0.39, 0.29) is 5.41 Å². The van der Waals surface area contributed by atoms with E-state index in [4.69, 9.17) is 4.52 Å². The van der Waals surface area contributed by atoms with Gasteiger partial charge in [-0.25, -0.2) is 0 Å². The molecule has 0 aliphatic heterocycles. The van der Waals surface area contributed by atoms with Crippen LogP contribution in [0.25, 0.3) is 0 Å². The van der Waals surface area contributed by atoms with Crippen LogP contribution in [-0.2, 0) is 5.41 Å². The fraction of sp³-hybridized carbons (Fsp3) is 0.429. The summed E-state index contributed by atoms with van der Waals surface area (Å²) in [6, 6.07) is 11.3. The highest BCUT2D eigenvalue weighted by molar-refractivity contribution is 5.33. The fourth-order valence-electron chi connectivity index (χ4n) is 1.92. The maximum absolute atomic E-state index is 5.25. The van der Waals surface area contributed by atoms with E-state index < -0.39 is 0 Å². The third-order valence-corrected chi connectivity index (χ3v) is 3.39. The lowest BCUT2D eigenvalue weighted by Gasteiger charge is -2.20. The highest BCUT2D eigenvalue weighted by Crippen LogP contribution is 2.30. The number of nitrogens with zero attached hydrogens (tertiary/aromatic N) is 2. The Morgan fingerprint density at radius 1 is 1.22 bits per heavy atom. The van der Waals surface area contributed by atoms with Crippen LogP contribution in [0.2, 0.25) is 0 Å². The van der Waals surface area contributed by atoms with Crippen LogP contribution in [0.3, 0.4) is 0 Å². The van der Waals surface area contributed by atoms with Gasteiger partial charge in [0.15, 0.2) is 5.82 Å². The number of hydrogen-bond donors (Lipinski definition) is 1. The summed E-state index contributed by atoms with van der Waals surface area (Å²) in [5, 5.41) is 7.32. The van der Waals surface area contributed by atoms with E-state index in [1.165, 1.54) is 18.4 Å². The maximum Gasteiger partial charge on any atom is 0.321 e. The normalized spacial score (nSPS) is 15.7. The SMILES string of the molecule is CC(C)(c1ccccc1)c1noc(NC2CC2)n1. The van der Waals surface area contributed by atoms with Gasteiger partial charge < -0.3 is 9.84 Å². The van der Waals surface area contributed by atoms with Crippen molar-refractivity contribution in [2.24, 2.45) is 0 Å². The second-order valence-electron chi connectivity index (χ2n) is 5.33. The molecule has 0 spiro atoms. The summed E-state index contributed by atoms with van der Waals surface area (Å²) in [6.45, 7) is 4.21. The largest absolute Gasteiger partial charge is 0.335 e. The number of benzene rings is 1. The molecule has 94 valence electrons. The van der Waals surface area contributed by atoms with Gasteiger partial charge in [0.25, 0.3) is 0 Å². The Bertz CT molecular complexity index is 529. The Kier molecular flexibility index (Phi) is 2.58. The van der Waals surface area contributed by atoms with Gasteiger partial charge in [0.2, 0.25) is 0 Å². The van der Waals surface area contributed by atoms with E-state index >= 15 is 0 Å². The van der Waals surface area contributed by atoms with Crippen LogP contribution in [0.5, 0.6) is 0 Å². The molecule has 1 aromatic carbocycles. The maximum atomic E-state index is 5.25. The second-order valence-corrected chi connectivity index (χ2v) is 5.33. The molecule has 3 rings (SSSR count). The van der Waals surface area contributed by atoms with Crippen LogP contribution < -0.4 is 5.32 Å². The zero-order valence-electron chi connectivity index (χ0n) is 10.7. The number of rotatable bonds is 4. The van der Waals surface area contributed by atoms with Crippen LogP contribution >= 0.6 is 0 Å². The Hall–Kier alpha value is -1.84. The molecule has 0 atom stereocenters. The van der Waals surface area contributed by atoms with Crippen molar-refractivity contribution in [3.05, 3.63) is 41.7 Å². The van der Waals surface area contributed by atoms with Gasteiger partial charge in [0.1, 0.15) is 0 Å². The van der Waals surface area contributed by atoms with Crippen LogP contribution in [0.4, 0.5) is 6.01 Å². The van der Waals surface area contributed by atoms with Gasteiger partial charge >= 0.3 is 6.01 Å². The smallest absolute Gasteiger partial charge is 0.321 e. The molecule has 0 saturated heterocycles. The van der Waals surface area contributed by atoms with E-state index in [1.54, 1.807) is 0 Å². The first-order valence-electron chi connectivity index (χ1n) is 6.32. The molecule has 0 unspecified atom stereocenters. The predicted octanol–water partition coefficient (Wildman–Crippen LogP) is 2.97. The summed E-state index contributed by atoms with van der Waals surface area (Å²) >= 11 is 0. The fourth-order valence-corrected chi connectivity index (χ4v) is 1.92. The average Bonchev–Trinajstić information content (AvgIpc) is 3.05. The van der Waals surface area contributed by atoms with E-state index in [0.717, 1.165) is 5.82 Å². The monoisotopic (exact) mass is 243 g/mol. The number of anilines is 1. The number of nitrogens with one attached hydrogen (secondary N) is 1. The van der Waals surface area contributed by atoms with Gasteiger partial charge in [-0.1, -0.05) is 35.5 Å².